The molecule has 35 heavy (non-hydrogen) atoms. The van der Waals surface area contributed by atoms with Crippen LogP contribution in [0.2, 0.25) is 0 Å². The smallest absolute Gasteiger partial charge is 0.226 e. The highest BCUT2D eigenvalue weighted by atomic mass is 19.1. The predicted octanol–water partition coefficient (Wildman–Crippen LogP) is 5.10. The number of carbonyl (C=O) groups is 1. The molecule has 4 rings (SSSR count). The molecule has 0 bridgehead atoms. The van der Waals surface area contributed by atoms with Crippen LogP contribution in [0.5, 0.6) is 17.4 Å². The highest BCUT2D eigenvalue weighted by molar-refractivity contribution is 5.75. The van der Waals surface area contributed by atoms with Crippen LogP contribution < -0.4 is 14.8 Å². The fraction of sp³-hybridized carbons (Fsp3) is 0.231. The number of carbonyl (C=O) groups excluding carboxylic acids is 1. The maximum absolute atomic E-state index is 13.0. The second-order valence-electron chi connectivity index (χ2n) is 7.66. The molecule has 0 saturated carbocycles. The molecule has 9 heteroatoms. The number of aryl methyl sites for hydroxylation is 1. The summed E-state index contributed by atoms with van der Waals surface area (Å²) in [5.74, 6) is 2.27. The molecule has 4 aromatic rings. The van der Waals surface area contributed by atoms with Gasteiger partial charge >= 0.3 is 0 Å². The summed E-state index contributed by atoms with van der Waals surface area (Å²) in [6, 6.07) is 16.8. The van der Waals surface area contributed by atoms with Gasteiger partial charge in [0.1, 0.15) is 17.3 Å². The number of pyridine rings is 1. The fourth-order valence-corrected chi connectivity index (χ4v) is 3.27. The van der Waals surface area contributed by atoms with Crippen LogP contribution in [0.25, 0.3) is 11.4 Å². The molecule has 180 valence electrons. The lowest BCUT2D eigenvalue weighted by Crippen LogP contribution is -2.22. The molecule has 2 heterocycles. The molecule has 0 atom stereocenters. The summed E-state index contributed by atoms with van der Waals surface area (Å²) in [5, 5.41) is 6.80. The summed E-state index contributed by atoms with van der Waals surface area (Å²) in [7, 11) is 0. The first-order valence-corrected chi connectivity index (χ1v) is 11.3. The summed E-state index contributed by atoms with van der Waals surface area (Å²) in [6.45, 7) is 2.89. The van der Waals surface area contributed by atoms with Gasteiger partial charge in [-0.3, -0.25) is 4.79 Å². The summed E-state index contributed by atoms with van der Waals surface area (Å²) in [4.78, 5) is 20.8. The molecule has 0 saturated heterocycles. The third-order valence-corrected chi connectivity index (χ3v) is 5.01. The van der Waals surface area contributed by atoms with E-state index in [4.69, 9.17) is 14.0 Å². The molecule has 1 amide bonds. The summed E-state index contributed by atoms with van der Waals surface area (Å²) in [6.07, 6.45) is 2.98. The van der Waals surface area contributed by atoms with Gasteiger partial charge in [-0.2, -0.15) is 4.98 Å². The molecular formula is C26H25FN4O4. The molecule has 0 spiro atoms. The van der Waals surface area contributed by atoms with Crippen LogP contribution >= 0.6 is 0 Å². The Morgan fingerprint density at radius 3 is 2.60 bits per heavy atom. The summed E-state index contributed by atoms with van der Waals surface area (Å²) >= 11 is 0. The van der Waals surface area contributed by atoms with E-state index in [2.05, 4.69) is 20.4 Å². The number of aromatic nitrogens is 3. The van der Waals surface area contributed by atoms with Crippen LogP contribution in [0.3, 0.4) is 0 Å². The normalized spacial score (nSPS) is 10.7. The molecule has 2 aromatic carbocycles. The van der Waals surface area contributed by atoms with Crippen LogP contribution in [0.15, 0.2) is 71.4 Å². The molecule has 0 unspecified atom stereocenters. The molecule has 1 N–H and O–H groups in total. The Morgan fingerprint density at radius 2 is 1.83 bits per heavy atom. The molecule has 8 nitrogen and oxygen atoms in total. The quantitative estimate of drug-likeness (QED) is 0.321. The van der Waals surface area contributed by atoms with Crippen LogP contribution in [-0.2, 0) is 17.8 Å². The second-order valence-corrected chi connectivity index (χ2v) is 7.66. The zero-order valence-corrected chi connectivity index (χ0v) is 19.2. The lowest BCUT2D eigenvalue weighted by molar-refractivity contribution is -0.121. The number of ether oxygens (including phenoxy) is 2. The Balaban J connectivity index is 1.21. The first-order chi connectivity index (χ1) is 17.1. The summed E-state index contributed by atoms with van der Waals surface area (Å²) < 4.78 is 29.5. The van der Waals surface area contributed by atoms with Crippen molar-refractivity contribution in [3.05, 3.63) is 84.1 Å². The van der Waals surface area contributed by atoms with Crippen LogP contribution in [-0.4, -0.2) is 27.6 Å². The van der Waals surface area contributed by atoms with Crippen molar-refractivity contribution < 1.29 is 23.2 Å². The van der Waals surface area contributed by atoms with Gasteiger partial charge in [-0.15, -0.1) is 0 Å². The van der Waals surface area contributed by atoms with E-state index in [0.29, 0.717) is 61.3 Å². The number of benzene rings is 2. The van der Waals surface area contributed by atoms with Gasteiger partial charge < -0.3 is 19.3 Å². The van der Waals surface area contributed by atoms with Gasteiger partial charge in [-0.25, -0.2) is 9.37 Å². The average Bonchev–Trinajstić information content (AvgIpc) is 3.34. The van der Waals surface area contributed by atoms with E-state index in [1.165, 1.54) is 12.1 Å². The highest BCUT2D eigenvalue weighted by Gasteiger charge is 2.10. The molecule has 0 aliphatic heterocycles. The van der Waals surface area contributed by atoms with E-state index in [9.17, 15) is 9.18 Å². The van der Waals surface area contributed by atoms with E-state index in [0.717, 1.165) is 11.3 Å². The number of hydrogen-bond acceptors (Lipinski definition) is 7. The average molecular weight is 477 g/mol. The molecule has 2 aromatic heterocycles. The van der Waals surface area contributed by atoms with Crippen molar-refractivity contribution >= 4 is 5.91 Å². The topological polar surface area (TPSA) is 99.4 Å². The minimum atomic E-state index is -0.327. The first-order valence-electron chi connectivity index (χ1n) is 11.3. The van der Waals surface area contributed by atoms with E-state index in [1.54, 1.807) is 24.4 Å². The Bertz CT molecular complexity index is 1240. The maximum atomic E-state index is 13.0. The fourth-order valence-electron chi connectivity index (χ4n) is 3.27. The lowest BCUT2D eigenvalue weighted by atomic mass is 10.2. The number of rotatable bonds is 11. The number of nitrogens with zero attached hydrogens (tertiary/aromatic N) is 3. The van der Waals surface area contributed by atoms with Crippen LogP contribution in [0.4, 0.5) is 4.39 Å². The van der Waals surface area contributed by atoms with Crippen molar-refractivity contribution in [3.8, 4) is 28.8 Å². The van der Waals surface area contributed by atoms with Gasteiger partial charge in [0.15, 0.2) is 0 Å². The third-order valence-electron chi connectivity index (χ3n) is 5.01. The Hall–Kier alpha value is -4.27. The van der Waals surface area contributed by atoms with Gasteiger partial charge in [-0.1, -0.05) is 5.16 Å². The second kappa shape index (κ2) is 11.7. The van der Waals surface area contributed by atoms with Crippen LogP contribution in [0.1, 0.15) is 31.2 Å². The van der Waals surface area contributed by atoms with Crippen molar-refractivity contribution in [2.45, 2.75) is 32.7 Å². The van der Waals surface area contributed by atoms with Crippen molar-refractivity contribution in [3.63, 3.8) is 0 Å². The SMILES string of the molecule is CCOc1ccc(Oc2cc(CNC(=O)CCCc3nc(-c4ccc(F)cc4)no3)ccn2)cc1. The molecule has 0 fully saturated rings. The molecule has 0 aliphatic carbocycles. The summed E-state index contributed by atoms with van der Waals surface area (Å²) in [5.41, 5.74) is 1.54. The van der Waals surface area contributed by atoms with Gasteiger partial charge in [0.2, 0.25) is 23.5 Å². The number of halogens is 1. The molecule has 0 radical (unpaired) electrons. The van der Waals surface area contributed by atoms with E-state index in [-0.39, 0.29) is 11.7 Å². The molecule has 0 aliphatic rings. The van der Waals surface area contributed by atoms with Crippen LogP contribution in [0, 0.1) is 5.82 Å². The number of amides is 1. The van der Waals surface area contributed by atoms with Crippen molar-refractivity contribution in [1.29, 1.82) is 0 Å². The predicted molar refractivity (Wildman–Crippen MR) is 126 cm³/mol. The number of hydrogen-bond donors (Lipinski definition) is 1. The first kappa shape index (κ1) is 23.9. The van der Waals surface area contributed by atoms with E-state index >= 15 is 0 Å². The van der Waals surface area contributed by atoms with Gasteiger partial charge in [0.25, 0.3) is 0 Å². The Morgan fingerprint density at radius 1 is 1.06 bits per heavy atom. The van der Waals surface area contributed by atoms with Crippen molar-refractivity contribution in [2.24, 2.45) is 0 Å². The largest absolute Gasteiger partial charge is 0.494 e. The highest BCUT2D eigenvalue weighted by Crippen LogP contribution is 2.23. The van der Waals surface area contributed by atoms with Crippen molar-refractivity contribution in [2.75, 3.05) is 6.61 Å². The van der Waals surface area contributed by atoms with Crippen molar-refractivity contribution in [1.82, 2.24) is 20.4 Å². The molecular weight excluding hydrogens is 451 g/mol. The van der Waals surface area contributed by atoms with E-state index < -0.39 is 0 Å². The third kappa shape index (κ3) is 7.10. The minimum absolute atomic E-state index is 0.0888. The maximum Gasteiger partial charge on any atom is 0.226 e. The zero-order valence-electron chi connectivity index (χ0n) is 19.2. The standard InChI is InChI=1S/C26H25FN4O4/c1-2-33-21-10-12-22(13-11-21)34-25-16-18(14-15-28-25)17-29-23(32)4-3-5-24-30-26(31-35-24)19-6-8-20(27)9-7-19/h6-16H,2-5,17H2,1H3,(H,29,32). The van der Waals surface area contributed by atoms with Gasteiger partial charge in [-0.05, 0) is 73.5 Å². The van der Waals surface area contributed by atoms with Gasteiger partial charge in [0.05, 0.1) is 6.61 Å². The number of nitrogens with one attached hydrogen (secondary N) is 1. The minimum Gasteiger partial charge on any atom is -0.494 e. The monoisotopic (exact) mass is 476 g/mol. The Kier molecular flexibility index (Phi) is 8.00. The lowest BCUT2D eigenvalue weighted by Gasteiger charge is -2.09. The van der Waals surface area contributed by atoms with Gasteiger partial charge in [0, 0.05) is 37.2 Å². The zero-order chi connectivity index (χ0) is 24.5. The van der Waals surface area contributed by atoms with E-state index in [1.807, 2.05) is 37.3 Å². The Labute approximate surface area is 202 Å².